The second-order valence-corrected chi connectivity index (χ2v) is 6.07. The zero-order valence-electron chi connectivity index (χ0n) is 11.3. The van der Waals surface area contributed by atoms with Gasteiger partial charge in [-0.15, -0.1) is 0 Å². The molecule has 2 saturated carbocycles. The van der Waals surface area contributed by atoms with Gasteiger partial charge in [-0.1, -0.05) is 18.6 Å². The molecule has 2 bridgehead atoms. The molecule has 0 aliphatic heterocycles. The van der Waals surface area contributed by atoms with E-state index in [-0.39, 0.29) is 0 Å². The lowest BCUT2D eigenvalue weighted by atomic mass is 9.95. The van der Waals surface area contributed by atoms with Crippen LogP contribution in [0, 0.1) is 18.8 Å². The number of rotatable bonds is 2. The van der Waals surface area contributed by atoms with E-state index in [9.17, 15) is 0 Å². The summed E-state index contributed by atoms with van der Waals surface area (Å²) in [5, 5.41) is 3.66. The van der Waals surface area contributed by atoms with Gasteiger partial charge in [0.15, 0.2) is 0 Å². The summed E-state index contributed by atoms with van der Waals surface area (Å²) in [6.07, 6.45) is 5.56. The number of para-hydroxylation sites is 2. The van der Waals surface area contributed by atoms with Gasteiger partial charge >= 0.3 is 0 Å². The molecule has 1 heterocycles. The van der Waals surface area contributed by atoms with Crippen LogP contribution in [-0.4, -0.2) is 16.0 Å². The van der Waals surface area contributed by atoms with E-state index in [1.165, 1.54) is 25.7 Å². The third-order valence-corrected chi connectivity index (χ3v) is 4.81. The first kappa shape index (κ1) is 11.2. The van der Waals surface area contributed by atoms with Gasteiger partial charge in [0.1, 0.15) is 5.82 Å². The highest BCUT2D eigenvalue weighted by Crippen LogP contribution is 2.45. The molecular formula is C16H19N3. The minimum Gasteiger partial charge on any atom is -0.366 e. The maximum absolute atomic E-state index is 4.75. The van der Waals surface area contributed by atoms with Crippen LogP contribution in [0.4, 0.5) is 5.82 Å². The molecule has 0 amide bonds. The molecule has 98 valence electrons. The van der Waals surface area contributed by atoms with Crippen LogP contribution in [0.25, 0.3) is 11.0 Å². The fourth-order valence-corrected chi connectivity index (χ4v) is 3.82. The van der Waals surface area contributed by atoms with E-state index in [1.807, 2.05) is 24.3 Å². The second kappa shape index (κ2) is 4.19. The van der Waals surface area contributed by atoms with E-state index in [1.54, 1.807) is 0 Å². The normalized spacial score (nSPS) is 29.0. The monoisotopic (exact) mass is 253 g/mol. The minimum absolute atomic E-state index is 0.618. The Labute approximate surface area is 113 Å². The number of fused-ring (bicyclic) bond motifs is 3. The first-order valence-electron chi connectivity index (χ1n) is 7.29. The highest BCUT2D eigenvalue weighted by molar-refractivity contribution is 5.76. The van der Waals surface area contributed by atoms with Crippen LogP contribution in [0.15, 0.2) is 24.3 Å². The molecule has 1 aromatic heterocycles. The van der Waals surface area contributed by atoms with Gasteiger partial charge in [-0.25, -0.2) is 9.97 Å². The van der Waals surface area contributed by atoms with Crippen molar-refractivity contribution in [2.24, 2.45) is 11.8 Å². The second-order valence-electron chi connectivity index (χ2n) is 6.07. The van der Waals surface area contributed by atoms with E-state index in [4.69, 9.17) is 4.98 Å². The molecule has 3 heteroatoms. The molecule has 0 radical (unpaired) electrons. The summed E-state index contributed by atoms with van der Waals surface area (Å²) in [6, 6.07) is 8.71. The van der Waals surface area contributed by atoms with Crippen LogP contribution in [0.3, 0.4) is 0 Å². The number of benzene rings is 1. The summed E-state index contributed by atoms with van der Waals surface area (Å²) in [4.78, 5) is 9.40. The molecule has 19 heavy (non-hydrogen) atoms. The molecule has 3 nitrogen and oxygen atoms in total. The molecule has 4 rings (SSSR count). The third kappa shape index (κ3) is 1.88. The number of nitrogens with one attached hydrogen (secondary N) is 1. The summed E-state index contributed by atoms with van der Waals surface area (Å²) >= 11 is 0. The van der Waals surface area contributed by atoms with Crippen molar-refractivity contribution in [1.82, 2.24) is 9.97 Å². The lowest BCUT2D eigenvalue weighted by Gasteiger charge is -2.24. The Balaban J connectivity index is 1.65. The molecule has 1 aromatic carbocycles. The van der Waals surface area contributed by atoms with Gasteiger partial charge in [0.25, 0.3) is 0 Å². The first-order valence-corrected chi connectivity index (χ1v) is 7.29. The topological polar surface area (TPSA) is 37.8 Å². The average Bonchev–Trinajstić information content (AvgIpc) is 3.02. The van der Waals surface area contributed by atoms with Gasteiger partial charge in [0, 0.05) is 6.04 Å². The van der Waals surface area contributed by atoms with Crippen molar-refractivity contribution < 1.29 is 0 Å². The third-order valence-electron chi connectivity index (χ3n) is 4.81. The van der Waals surface area contributed by atoms with Gasteiger partial charge in [-0.05, 0) is 50.2 Å². The number of hydrogen-bond donors (Lipinski definition) is 1. The molecule has 1 N–H and O–H groups in total. The predicted octanol–water partition coefficient (Wildman–Crippen LogP) is 3.54. The number of hydrogen-bond acceptors (Lipinski definition) is 3. The van der Waals surface area contributed by atoms with Crippen molar-refractivity contribution >= 4 is 16.9 Å². The Morgan fingerprint density at radius 2 is 1.84 bits per heavy atom. The van der Waals surface area contributed by atoms with Crippen LogP contribution in [0.5, 0.6) is 0 Å². The Kier molecular flexibility index (Phi) is 2.47. The zero-order chi connectivity index (χ0) is 12.8. The average molecular weight is 253 g/mol. The van der Waals surface area contributed by atoms with Gasteiger partial charge in [-0.2, -0.15) is 0 Å². The Morgan fingerprint density at radius 3 is 2.53 bits per heavy atom. The van der Waals surface area contributed by atoms with Crippen LogP contribution in [0.1, 0.15) is 31.4 Å². The molecule has 2 aliphatic rings. The summed E-state index contributed by atoms with van der Waals surface area (Å²) in [5.74, 6) is 2.80. The molecule has 3 unspecified atom stereocenters. The zero-order valence-corrected chi connectivity index (χ0v) is 11.3. The highest BCUT2D eigenvalue weighted by atomic mass is 15.1. The summed E-state index contributed by atoms with van der Waals surface area (Å²) < 4.78 is 0. The molecule has 2 fully saturated rings. The molecular weight excluding hydrogens is 234 g/mol. The van der Waals surface area contributed by atoms with E-state index in [0.717, 1.165) is 34.4 Å². The van der Waals surface area contributed by atoms with Crippen molar-refractivity contribution in [2.45, 2.75) is 38.6 Å². The number of aromatic nitrogens is 2. The summed E-state index contributed by atoms with van der Waals surface area (Å²) in [6.45, 7) is 2.05. The standard InChI is InChI=1S/C16H19N3/c1-10-16(18-14-5-3-2-4-13(14)17-10)19-15-9-11-6-7-12(15)8-11/h2-5,11-12,15H,6-9H2,1H3,(H,18,19). The fourth-order valence-electron chi connectivity index (χ4n) is 3.82. The van der Waals surface area contributed by atoms with Gasteiger partial charge < -0.3 is 5.32 Å². The van der Waals surface area contributed by atoms with Gasteiger partial charge in [0.05, 0.1) is 16.7 Å². The van der Waals surface area contributed by atoms with Gasteiger partial charge in [-0.3, -0.25) is 0 Å². The van der Waals surface area contributed by atoms with Gasteiger partial charge in [0.2, 0.25) is 0 Å². The Morgan fingerprint density at radius 1 is 1.05 bits per heavy atom. The van der Waals surface area contributed by atoms with E-state index in [0.29, 0.717) is 6.04 Å². The smallest absolute Gasteiger partial charge is 0.148 e. The van der Waals surface area contributed by atoms with E-state index < -0.39 is 0 Å². The summed E-state index contributed by atoms with van der Waals surface area (Å²) in [7, 11) is 0. The maximum Gasteiger partial charge on any atom is 0.148 e. The van der Waals surface area contributed by atoms with Crippen molar-refractivity contribution in [3.63, 3.8) is 0 Å². The lowest BCUT2D eigenvalue weighted by molar-refractivity contribution is 0.439. The molecule has 0 spiro atoms. The van der Waals surface area contributed by atoms with E-state index >= 15 is 0 Å². The molecule has 3 atom stereocenters. The fraction of sp³-hybridized carbons (Fsp3) is 0.500. The van der Waals surface area contributed by atoms with Crippen molar-refractivity contribution in [3.05, 3.63) is 30.0 Å². The Bertz CT molecular complexity index is 622. The number of nitrogens with zero attached hydrogens (tertiary/aromatic N) is 2. The van der Waals surface area contributed by atoms with E-state index in [2.05, 4.69) is 17.2 Å². The Hall–Kier alpha value is -1.64. The van der Waals surface area contributed by atoms with Crippen molar-refractivity contribution in [2.75, 3.05) is 5.32 Å². The largest absolute Gasteiger partial charge is 0.366 e. The van der Waals surface area contributed by atoms with Crippen molar-refractivity contribution in [1.29, 1.82) is 0 Å². The molecule has 2 aliphatic carbocycles. The first-order chi connectivity index (χ1) is 9.29. The molecule has 0 saturated heterocycles. The molecule has 2 aromatic rings. The highest BCUT2D eigenvalue weighted by Gasteiger charge is 2.39. The van der Waals surface area contributed by atoms with Crippen molar-refractivity contribution in [3.8, 4) is 0 Å². The van der Waals surface area contributed by atoms with Crippen LogP contribution in [-0.2, 0) is 0 Å². The number of aryl methyl sites for hydroxylation is 1. The quantitative estimate of drug-likeness (QED) is 0.889. The van der Waals surface area contributed by atoms with Crippen LogP contribution in [0.2, 0.25) is 0 Å². The minimum atomic E-state index is 0.618. The SMILES string of the molecule is Cc1nc2ccccc2nc1NC1CC2CCC1C2. The van der Waals surface area contributed by atoms with Crippen LogP contribution >= 0.6 is 0 Å². The van der Waals surface area contributed by atoms with Crippen LogP contribution < -0.4 is 5.32 Å². The maximum atomic E-state index is 4.75. The summed E-state index contributed by atoms with van der Waals surface area (Å²) in [5.41, 5.74) is 2.98. The predicted molar refractivity (Wildman–Crippen MR) is 77.1 cm³/mol. The number of anilines is 1. The lowest BCUT2D eigenvalue weighted by Crippen LogP contribution is -2.26.